The molecule has 1 aromatic rings. The number of carbonyl (C=O) groups excluding carboxylic acids is 1. The molecular formula is C16H25N3O. The summed E-state index contributed by atoms with van der Waals surface area (Å²) in [6.45, 7) is 6.42. The van der Waals surface area contributed by atoms with E-state index in [1.54, 1.807) is 0 Å². The average Bonchev–Trinajstić information content (AvgIpc) is 2.46. The third kappa shape index (κ3) is 3.73. The molecular weight excluding hydrogens is 250 g/mol. The van der Waals surface area contributed by atoms with Gasteiger partial charge in [0.25, 0.3) is 0 Å². The first-order valence-corrected chi connectivity index (χ1v) is 7.36. The Morgan fingerprint density at radius 3 is 2.50 bits per heavy atom. The summed E-state index contributed by atoms with van der Waals surface area (Å²) in [5, 5.41) is 0. The number of hydrogen-bond donors (Lipinski definition) is 0. The Labute approximate surface area is 122 Å². The van der Waals surface area contributed by atoms with Gasteiger partial charge in [-0.3, -0.25) is 4.79 Å². The van der Waals surface area contributed by atoms with Crippen molar-refractivity contribution < 1.29 is 4.79 Å². The summed E-state index contributed by atoms with van der Waals surface area (Å²) in [7, 11) is 4.17. The summed E-state index contributed by atoms with van der Waals surface area (Å²) >= 11 is 0. The van der Waals surface area contributed by atoms with Crippen molar-refractivity contribution in [1.29, 1.82) is 0 Å². The molecule has 20 heavy (non-hydrogen) atoms. The quantitative estimate of drug-likeness (QED) is 0.838. The van der Waals surface area contributed by atoms with E-state index in [-0.39, 0.29) is 5.91 Å². The van der Waals surface area contributed by atoms with Gasteiger partial charge in [0.2, 0.25) is 5.91 Å². The summed E-state index contributed by atoms with van der Waals surface area (Å²) in [5.74, 6) is 0.269. The predicted octanol–water partition coefficient (Wildman–Crippen LogP) is 1.81. The number of carbonyl (C=O) groups is 1. The normalized spacial score (nSPS) is 15.8. The largest absolute Gasteiger partial charge is 0.368 e. The van der Waals surface area contributed by atoms with Crippen LogP contribution in [0.1, 0.15) is 18.9 Å². The van der Waals surface area contributed by atoms with E-state index in [9.17, 15) is 4.79 Å². The van der Waals surface area contributed by atoms with E-state index in [2.05, 4.69) is 48.2 Å². The Hall–Kier alpha value is -1.55. The minimum Gasteiger partial charge on any atom is -0.368 e. The van der Waals surface area contributed by atoms with Gasteiger partial charge in [-0.05, 0) is 31.8 Å². The second-order valence-electron chi connectivity index (χ2n) is 5.63. The molecule has 0 atom stereocenters. The third-order valence-corrected chi connectivity index (χ3v) is 3.71. The van der Waals surface area contributed by atoms with Crippen LogP contribution in [0.25, 0.3) is 0 Å². The molecule has 0 aliphatic carbocycles. The van der Waals surface area contributed by atoms with Gasteiger partial charge in [-0.25, -0.2) is 0 Å². The Morgan fingerprint density at radius 2 is 1.90 bits per heavy atom. The number of benzene rings is 1. The topological polar surface area (TPSA) is 26.8 Å². The van der Waals surface area contributed by atoms with Crippen molar-refractivity contribution in [2.45, 2.75) is 19.9 Å². The monoisotopic (exact) mass is 275 g/mol. The van der Waals surface area contributed by atoms with Crippen molar-refractivity contribution in [3.05, 3.63) is 29.8 Å². The van der Waals surface area contributed by atoms with Crippen LogP contribution in [0.3, 0.4) is 0 Å². The molecule has 0 radical (unpaired) electrons. The van der Waals surface area contributed by atoms with Gasteiger partial charge in [0.05, 0.1) is 0 Å². The summed E-state index contributed by atoms with van der Waals surface area (Å²) in [5.41, 5.74) is 2.60. The maximum absolute atomic E-state index is 11.7. The second-order valence-corrected chi connectivity index (χ2v) is 5.63. The molecule has 1 heterocycles. The molecule has 0 bridgehead atoms. The molecule has 0 unspecified atom stereocenters. The Bertz CT molecular complexity index is 451. The number of anilines is 1. The zero-order chi connectivity index (χ0) is 14.5. The molecule has 0 spiro atoms. The lowest BCUT2D eigenvalue weighted by molar-refractivity contribution is -0.131. The SMILES string of the molecule is CCC(=O)N1CCN(c2cccc(CN(C)C)c2)CC1. The van der Waals surface area contributed by atoms with Gasteiger partial charge in [0.1, 0.15) is 0 Å². The van der Waals surface area contributed by atoms with E-state index in [0.717, 1.165) is 32.7 Å². The lowest BCUT2D eigenvalue weighted by Gasteiger charge is -2.36. The van der Waals surface area contributed by atoms with E-state index in [1.807, 2.05) is 11.8 Å². The highest BCUT2D eigenvalue weighted by Crippen LogP contribution is 2.19. The van der Waals surface area contributed by atoms with Crippen LogP contribution in [0.15, 0.2) is 24.3 Å². The van der Waals surface area contributed by atoms with E-state index in [4.69, 9.17) is 0 Å². The predicted molar refractivity (Wildman–Crippen MR) is 82.9 cm³/mol. The smallest absolute Gasteiger partial charge is 0.222 e. The lowest BCUT2D eigenvalue weighted by atomic mass is 10.1. The summed E-state index contributed by atoms with van der Waals surface area (Å²) in [4.78, 5) is 18.2. The van der Waals surface area contributed by atoms with Crippen molar-refractivity contribution in [3.63, 3.8) is 0 Å². The number of piperazine rings is 1. The highest BCUT2D eigenvalue weighted by Gasteiger charge is 2.20. The number of rotatable bonds is 4. The van der Waals surface area contributed by atoms with Crippen molar-refractivity contribution in [2.24, 2.45) is 0 Å². The van der Waals surface area contributed by atoms with Gasteiger partial charge in [-0.1, -0.05) is 19.1 Å². The van der Waals surface area contributed by atoms with Crippen LogP contribution in [0, 0.1) is 0 Å². The molecule has 4 heteroatoms. The molecule has 1 saturated heterocycles. The van der Waals surface area contributed by atoms with Crippen LogP contribution < -0.4 is 4.90 Å². The summed E-state index contributed by atoms with van der Waals surface area (Å²) < 4.78 is 0. The van der Waals surface area contributed by atoms with Gasteiger partial charge in [0.15, 0.2) is 0 Å². The highest BCUT2D eigenvalue weighted by molar-refractivity contribution is 5.76. The lowest BCUT2D eigenvalue weighted by Crippen LogP contribution is -2.48. The van der Waals surface area contributed by atoms with Crippen LogP contribution >= 0.6 is 0 Å². The first-order valence-electron chi connectivity index (χ1n) is 7.36. The maximum atomic E-state index is 11.7. The van der Waals surface area contributed by atoms with Gasteiger partial charge in [-0.2, -0.15) is 0 Å². The molecule has 1 aliphatic rings. The second kappa shape index (κ2) is 6.75. The molecule has 1 amide bonds. The first kappa shape index (κ1) is 14.9. The van der Waals surface area contributed by atoms with Crippen molar-refractivity contribution >= 4 is 11.6 Å². The molecule has 0 aromatic heterocycles. The van der Waals surface area contributed by atoms with Crippen molar-refractivity contribution in [3.8, 4) is 0 Å². The number of amides is 1. The fourth-order valence-corrected chi connectivity index (χ4v) is 2.65. The fourth-order valence-electron chi connectivity index (χ4n) is 2.65. The fraction of sp³-hybridized carbons (Fsp3) is 0.562. The van der Waals surface area contributed by atoms with Crippen molar-refractivity contribution in [1.82, 2.24) is 9.80 Å². The van der Waals surface area contributed by atoms with Crippen molar-refractivity contribution in [2.75, 3.05) is 45.2 Å². The van der Waals surface area contributed by atoms with Gasteiger partial charge in [0, 0.05) is 44.8 Å². The highest BCUT2D eigenvalue weighted by atomic mass is 16.2. The molecule has 1 aromatic carbocycles. The summed E-state index contributed by atoms with van der Waals surface area (Å²) in [6.07, 6.45) is 0.609. The molecule has 1 aliphatic heterocycles. The zero-order valence-corrected chi connectivity index (χ0v) is 12.8. The standard InChI is InChI=1S/C16H25N3O/c1-4-16(20)19-10-8-18(9-11-19)15-7-5-6-14(12-15)13-17(2)3/h5-7,12H,4,8-11,13H2,1-3H3. The molecule has 1 fully saturated rings. The van der Waals surface area contributed by atoms with E-state index < -0.39 is 0 Å². The number of hydrogen-bond acceptors (Lipinski definition) is 3. The first-order chi connectivity index (χ1) is 9.60. The van der Waals surface area contributed by atoms with Crippen LogP contribution in [-0.4, -0.2) is 56.0 Å². The Kier molecular flexibility index (Phi) is 5.01. The maximum Gasteiger partial charge on any atom is 0.222 e. The Morgan fingerprint density at radius 1 is 1.20 bits per heavy atom. The molecule has 110 valence electrons. The van der Waals surface area contributed by atoms with Gasteiger partial charge >= 0.3 is 0 Å². The van der Waals surface area contributed by atoms with Crippen LogP contribution in [-0.2, 0) is 11.3 Å². The van der Waals surface area contributed by atoms with Crippen LogP contribution in [0.5, 0.6) is 0 Å². The molecule has 4 nitrogen and oxygen atoms in total. The molecule has 2 rings (SSSR count). The van der Waals surface area contributed by atoms with E-state index in [1.165, 1.54) is 11.3 Å². The van der Waals surface area contributed by atoms with Gasteiger partial charge < -0.3 is 14.7 Å². The third-order valence-electron chi connectivity index (χ3n) is 3.71. The number of nitrogens with zero attached hydrogens (tertiary/aromatic N) is 3. The van der Waals surface area contributed by atoms with E-state index >= 15 is 0 Å². The Balaban J connectivity index is 1.98. The molecule has 0 saturated carbocycles. The minimum absolute atomic E-state index is 0.269. The van der Waals surface area contributed by atoms with E-state index in [0.29, 0.717) is 6.42 Å². The summed E-state index contributed by atoms with van der Waals surface area (Å²) in [6, 6.07) is 8.71. The van der Waals surface area contributed by atoms with Crippen LogP contribution in [0.2, 0.25) is 0 Å². The minimum atomic E-state index is 0.269. The van der Waals surface area contributed by atoms with Crippen LogP contribution in [0.4, 0.5) is 5.69 Å². The zero-order valence-electron chi connectivity index (χ0n) is 12.8. The average molecular weight is 275 g/mol. The molecule has 0 N–H and O–H groups in total. The van der Waals surface area contributed by atoms with Gasteiger partial charge in [-0.15, -0.1) is 0 Å².